The Morgan fingerprint density at radius 3 is 2.74 bits per heavy atom. The van der Waals surface area contributed by atoms with Crippen molar-refractivity contribution in [2.75, 3.05) is 6.61 Å². The van der Waals surface area contributed by atoms with Gasteiger partial charge in [0.15, 0.2) is 0 Å². The molecule has 1 unspecified atom stereocenters. The molecule has 100 valence electrons. The van der Waals surface area contributed by atoms with Crippen molar-refractivity contribution in [2.45, 2.75) is 25.7 Å². The minimum atomic E-state index is -0.156. The van der Waals surface area contributed by atoms with E-state index >= 15 is 0 Å². The molecule has 0 aliphatic heterocycles. The van der Waals surface area contributed by atoms with Gasteiger partial charge < -0.3 is 4.74 Å². The van der Waals surface area contributed by atoms with E-state index in [2.05, 4.69) is 12.1 Å². The molecule has 1 aromatic rings. The first-order valence-electron chi connectivity index (χ1n) is 7.00. The van der Waals surface area contributed by atoms with Crippen molar-refractivity contribution in [2.24, 2.45) is 17.8 Å². The summed E-state index contributed by atoms with van der Waals surface area (Å²) in [5, 5.41) is 0. The van der Waals surface area contributed by atoms with E-state index in [-0.39, 0.29) is 23.6 Å². The number of ketones is 1. The van der Waals surface area contributed by atoms with E-state index in [1.807, 2.05) is 18.2 Å². The first-order chi connectivity index (χ1) is 9.27. The van der Waals surface area contributed by atoms with E-state index in [0.717, 1.165) is 19.3 Å². The molecule has 0 saturated heterocycles. The summed E-state index contributed by atoms with van der Waals surface area (Å²) in [4.78, 5) is 23.2. The van der Waals surface area contributed by atoms with Crippen molar-refractivity contribution in [3.05, 3.63) is 35.9 Å². The lowest BCUT2D eigenvalue weighted by Crippen LogP contribution is -2.14. The van der Waals surface area contributed by atoms with Gasteiger partial charge in [-0.1, -0.05) is 30.3 Å². The monoisotopic (exact) mass is 258 g/mol. The van der Waals surface area contributed by atoms with Gasteiger partial charge in [0.05, 0.1) is 12.5 Å². The average molecular weight is 258 g/mol. The molecule has 19 heavy (non-hydrogen) atoms. The Morgan fingerprint density at radius 2 is 2.05 bits per heavy atom. The number of carbonyl (C=O) groups is 2. The van der Waals surface area contributed by atoms with Crippen LogP contribution in [-0.2, 0) is 20.7 Å². The van der Waals surface area contributed by atoms with Gasteiger partial charge in [0, 0.05) is 12.3 Å². The van der Waals surface area contributed by atoms with E-state index in [9.17, 15) is 9.59 Å². The Kier molecular flexibility index (Phi) is 3.36. The van der Waals surface area contributed by atoms with Gasteiger partial charge in [-0.3, -0.25) is 9.59 Å². The van der Waals surface area contributed by atoms with Crippen molar-refractivity contribution in [3.8, 4) is 0 Å². The molecule has 0 amide bonds. The van der Waals surface area contributed by atoms with Crippen LogP contribution >= 0.6 is 0 Å². The topological polar surface area (TPSA) is 43.4 Å². The minimum absolute atomic E-state index is 0.00150. The van der Waals surface area contributed by atoms with Crippen molar-refractivity contribution >= 4 is 11.8 Å². The third-order valence-electron chi connectivity index (χ3n) is 4.23. The SMILES string of the molecule is O=C1CCC2[C@@H]1[C@@H]2C(=O)OCCCc1ccccc1. The van der Waals surface area contributed by atoms with Crippen LogP contribution in [0.2, 0.25) is 0 Å². The molecule has 3 nitrogen and oxygen atoms in total. The van der Waals surface area contributed by atoms with Crippen LogP contribution in [0.25, 0.3) is 0 Å². The van der Waals surface area contributed by atoms with E-state index in [4.69, 9.17) is 4.74 Å². The summed E-state index contributed by atoms with van der Waals surface area (Å²) in [6.07, 6.45) is 3.30. The van der Waals surface area contributed by atoms with Gasteiger partial charge in [0.1, 0.15) is 5.78 Å². The summed E-state index contributed by atoms with van der Waals surface area (Å²) in [6, 6.07) is 10.2. The molecule has 2 saturated carbocycles. The summed E-state index contributed by atoms with van der Waals surface area (Å²) in [5.41, 5.74) is 1.26. The van der Waals surface area contributed by atoms with Gasteiger partial charge in [-0.25, -0.2) is 0 Å². The Hall–Kier alpha value is -1.64. The molecule has 0 spiro atoms. The predicted octanol–water partition coefficient (Wildman–Crippen LogP) is 2.39. The Morgan fingerprint density at radius 1 is 1.26 bits per heavy atom. The first kappa shape index (κ1) is 12.4. The fourth-order valence-electron chi connectivity index (χ4n) is 3.16. The zero-order chi connectivity index (χ0) is 13.2. The van der Waals surface area contributed by atoms with Crippen LogP contribution in [0.1, 0.15) is 24.8 Å². The highest BCUT2D eigenvalue weighted by atomic mass is 16.5. The number of fused-ring (bicyclic) bond motifs is 1. The van der Waals surface area contributed by atoms with Gasteiger partial charge in [0.2, 0.25) is 0 Å². The lowest BCUT2D eigenvalue weighted by molar-refractivity contribution is -0.147. The van der Waals surface area contributed by atoms with Gasteiger partial charge in [-0.05, 0) is 30.7 Å². The number of Topliss-reactive ketones (excluding diaryl/α,β-unsaturated/α-hetero) is 1. The number of ether oxygens (including phenoxy) is 1. The maximum absolute atomic E-state index is 11.8. The molecular formula is C16H18O3. The maximum Gasteiger partial charge on any atom is 0.309 e. The quantitative estimate of drug-likeness (QED) is 0.601. The summed E-state index contributed by atoms with van der Waals surface area (Å²) in [7, 11) is 0. The number of rotatable bonds is 5. The number of carbonyl (C=O) groups excluding carboxylic acids is 2. The minimum Gasteiger partial charge on any atom is -0.465 e. The molecule has 0 radical (unpaired) electrons. The second-order valence-electron chi connectivity index (χ2n) is 5.48. The van der Waals surface area contributed by atoms with E-state index in [1.165, 1.54) is 5.56 Å². The van der Waals surface area contributed by atoms with Crippen LogP contribution in [0, 0.1) is 17.8 Å². The van der Waals surface area contributed by atoms with Crippen LogP contribution in [-0.4, -0.2) is 18.4 Å². The highest BCUT2D eigenvalue weighted by Gasteiger charge is 2.62. The summed E-state index contributed by atoms with van der Waals surface area (Å²) in [6.45, 7) is 0.456. The van der Waals surface area contributed by atoms with Crippen LogP contribution in [0.15, 0.2) is 30.3 Å². The van der Waals surface area contributed by atoms with Gasteiger partial charge in [-0.2, -0.15) is 0 Å². The van der Waals surface area contributed by atoms with Crippen molar-refractivity contribution in [1.82, 2.24) is 0 Å². The molecule has 2 aliphatic rings. The number of hydrogen-bond donors (Lipinski definition) is 0. The summed E-state index contributed by atoms with van der Waals surface area (Å²) >= 11 is 0. The molecule has 0 N–H and O–H groups in total. The fraction of sp³-hybridized carbons (Fsp3) is 0.500. The second kappa shape index (κ2) is 5.16. The van der Waals surface area contributed by atoms with Crippen molar-refractivity contribution in [1.29, 1.82) is 0 Å². The Labute approximate surface area is 113 Å². The van der Waals surface area contributed by atoms with Crippen LogP contribution in [0.3, 0.4) is 0 Å². The number of hydrogen-bond acceptors (Lipinski definition) is 3. The molecule has 0 aromatic heterocycles. The molecule has 2 aliphatic carbocycles. The molecule has 3 atom stereocenters. The van der Waals surface area contributed by atoms with Crippen molar-refractivity contribution < 1.29 is 14.3 Å². The highest BCUT2D eigenvalue weighted by molar-refractivity contribution is 5.94. The van der Waals surface area contributed by atoms with Gasteiger partial charge >= 0.3 is 5.97 Å². The van der Waals surface area contributed by atoms with E-state index in [0.29, 0.717) is 18.9 Å². The zero-order valence-electron chi connectivity index (χ0n) is 10.9. The average Bonchev–Trinajstić information content (AvgIpc) is 3.06. The van der Waals surface area contributed by atoms with Crippen LogP contribution in [0.4, 0.5) is 0 Å². The third kappa shape index (κ3) is 2.55. The number of aryl methyl sites for hydroxylation is 1. The van der Waals surface area contributed by atoms with Crippen molar-refractivity contribution in [3.63, 3.8) is 0 Å². The second-order valence-corrected chi connectivity index (χ2v) is 5.48. The maximum atomic E-state index is 11.8. The first-order valence-corrected chi connectivity index (χ1v) is 7.00. The Bertz CT molecular complexity index is 480. The van der Waals surface area contributed by atoms with Crippen LogP contribution < -0.4 is 0 Å². The Balaban J connectivity index is 1.37. The zero-order valence-corrected chi connectivity index (χ0v) is 10.9. The standard InChI is InChI=1S/C16H18O3/c17-13-9-8-12-14(13)15(12)16(18)19-10-4-7-11-5-2-1-3-6-11/h1-3,5-6,12,14-15H,4,7-10H2/t12?,14-,15+/m0/s1. The molecule has 0 bridgehead atoms. The number of esters is 1. The molecule has 3 heteroatoms. The lowest BCUT2D eigenvalue weighted by Gasteiger charge is -2.06. The fourth-order valence-corrected chi connectivity index (χ4v) is 3.16. The van der Waals surface area contributed by atoms with Crippen LogP contribution in [0.5, 0.6) is 0 Å². The largest absolute Gasteiger partial charge is 0.465 e. The normalized spacial score (nSPS) is 28.0. The number of benzene rings is 1. The summed E-state index contributed by atoms with van der Waals surface area (Å²) in [5.74, 6) is 0.293. The van der Waals surface area contributed by atoms with E-state index in [1.54, 1.807) is 0 Å². The molecule has 3 rings (SSSR count). The highest BCUT2D eigenvalue weighted by Crippen LogP contribution is 2.55. The van der Waals surface area contributed by atoms with Gasteiger partial charge in [-0.15, -0.1) is 0 Å². The summed E-state index contributed by atoms with van der Waals surface area (Å²) < 4.78 is 5.28. The smallest absolute Gasteiger partial charge is 0.309 e. The molecule has 1 aromatic carbocycles. The molecule has 0 heterocycles. The molecule has 2 fully saturated rings. The molecular weight excluding hydrogens is 240 g/mol. The predicted molar refractivity (Wildman–Crippen MR) is 70.4 cm³/mol. The van der Waals surface area contributed by atoms with Gasteiger partial charge in [0.25, 0.3) is 0 Å². The van der Waals surface area contributed by atoms with E-state index < -0.39 is 0 Å². The lowest BCUT2D eigenvalue weighted by atomic mass is 10.1. The third-order valence-corrected chi connectivity index (χ3v) is 4.23.